The van der Waals surface area contributed by atoms with Crippen molar-refractivity contribution in [3.8, 4) is 0 Å². The summed E-state index contributed by atoms with van der Waals surface area (Å²) < 4.78 is 0. The van der Waals surface area contributed by atoms with Crippen LogP contribution in [0.25, 0.3) is 0 Å². The Kier molecular flexibility index (Phi) is 4.64. The Morgan fingerprint density at radius 3 is 2.42 bits per heavy atom. The summed E-state index contributed by atoms with van der Waals surface area (Å²) in [4.78, 5) is 8.66. The largest absolute Gasteiger partial charge is 0.321 e. The number of likely N-dealkylation sites (tertiary alicyclic amines) is 1. The second kappa shape index (κ2) is 5.90. The minimum absolute atomic E-state index is 0.275. The summed E-state index contributed by atoms with van der Waals surface area (Å²) in [5.74, 6) is 0.453. The van der Waals surface area contributed by atoms with Crippen molar-refractivity contribution in [2.24, 2.45) is 5.73 Å². The lowest BCUT2D eigenvalue weighted by molar-refractivity contribution is 0.343. The fourth-order valence-electron chi connectivity index (χ4n) is 2.60. The van der Waals surface area contributed by atoms with E-state index in [0.717, 1.165) is 13.0 Å². The quantitative estimate of drug-likeness (QED) is 0.902. The molecule has 4 heteroatoms. The van der Waals surface area contributed by atoms with E-state index in [2.05, 4.69) is 32.6 Å². The molecule has 19 heavy (non-hydrogen) atoms. The van der Waals surface area contributed by atoms with Gasteiger partial charge in [0.15, 0.2) is 0 Å². The monoisotopic (exact) mass is 281 g/mol. The van der Waals surface area contributed by atoms with Gasteiger partial charge in [0, 0.05) is 23.4 Å². The Bertz CT molecular complexity index is 412. The van der Waals surface area contributed by atoms with E-state index >= 15 is 0 Å². The molecule has 1 aromatic rings. The van der Waals surface area contributed by atoms with Crippen molar-refractivity contribution >= 4 is 11.3 Å². The number of aromatic nitrogens is 1. The summed E-state index contributed by atoms with van der Waals surface area (Å²) in [6.07, 6.45) is 3.78. The van der Waals surface area contributed by atoms with Crippen molar-refractivity contribution in [1.29, 1.82) is 0 Å². The molecule has 0 aliphatic carbocycles. The van der Waals surface area contributed by atoms with Gasteiger partial charge in [-0.05, 0) is 45.7 Å². The Morgan fingerprint density at radius 2 is 1.95 bits per heavy atom. The molecule has 0 unspecified atom stereocenters. The molecule has 0 bridgehead atoms. The van der Waals surface area contributed by atoms with Crippen LogP contribution in [0, 0.1) is 0 Å². The van der Waals surface area contributed by atoms with Gasteiger partial charge in [-0.25, -0.2) is 4.98 Å². The van der Waals surface area contributed by atoms with E-state index in [0.29, 0.717) is 5.92 Å². The molecule has 2 N–H and O–H groups in total. The maximum Gasteiger partial charge on any atom is 0.0944 e. The summed E-state index contributed by atoms with van der Waals surface area (Å²) in [6, 6.07) is 0. The SMILES string of the molecule is CC(C)c1nc(CCN2CCCC2)sc1C(C)(C)N. The highest BCUT2D eigenvalue weighted by molar-refractivity contribution is 7.11. The van der Waals surface area contributed by atoms with Gasteiger partial charge in [-0.2, -0.15) is 0 Å². The third kappa shape index (κ3) is 3.77. The van der Waals surface area contributed by atoms with Gasteiger partial charge in [0.2, 0.25) is 0 Å². The second-order valence-electron chi connectivity index (χ2n) is 6.50. The highest BCUT2D eigenvalue weighted by Gasteiger charge is 2.25. The molecule has 1 aliphatic rings. The molecule has 0 amide bonds. The van der Waals surface area contributed by atoms with E-state index in [-0.39, 0.29) is 5.54 Å². The van der Waals surface area contributed by atoms with Crippen LogP contribution in [0.1, 0.15) is 62.0 Å². The summed E-state index contributed by atoms with van der Waals surface area (Å²) >= 11 is 1.82. The van der Waals surface area contributed by atoms with Crippen LogP contribution in [-0.4, -0.2) is 29.5 Å². The third-order valence-corrected chi connectivity index (χ3v) is 5.14. The van der Waals surface area contributed by atoms with Crippen LogP contribution in [0.15, 0.2) is 0 Å². The van der Waals surface area contributed by atoms with E-state index in [1.165, 1.54) is 41.5 Å². The van der Waals surface area contributed by atoms with Gasteiger partial charge < -0.3 is 10.6 Å². The maximum absolute atomic E-state index is 6.29. The Morgan fingerprint density at radius 1 is 1.32 bits per heavy atom. The standard InChI is InChI=1S/C15H27N3S/c1-11(2)13-14(15(3,4)16)19-12(17-13)7-10-18-8-5-6-9-18/h11H,5-10,16H2,1-4H3. The normalized spacial score (nSPS) is 17.6. The molecule has 0 saturated carbocycles. The van der Waals surface area contributed by atoms with Gasteiger partial charge in [0.1, 0.15) is 0 Å². The first-order chi connectivity index (χ1) is 8.88. The molecule has 1 fully saturated rings. The third-order valence-electron chi connectivity index (χ3n) is 3.67. The van der Waals surface area contributed by atoms with Gasteiger partial charge >= 0.3 is 0 Å². The Balaban J connectivity index is 2.08. The second-order valence-corrected chi connectivity index (χ2v) is 7.58. The van der Waals surface area contributed by atoms with E-state index in [1.54, 1.807) is 0 Å². The fourth-order valence-corrected chi connectivity index (χ4v) is 3.82. The number of hydrogen-bond donors (Lipinski definition) is 1. The molecule has 1 saturated heterocycles. The zero-order valence-electron chi connectivity index (χ0n) is 12.7. The molecule has 2 heterocycles. The Hall–Kier alpha value is -0.450. The van der Waals surface area contributed by atoms with Gasteiger partial charge in [0.05, 0.1) is 10.7 Å². The fraction of sp³-hybridized carbons (Fsp3) is 0.800. The van der Waals surface area contributed by atoms with Gasteiger partial charge in [-0.15, -0.1) is 11.3 Å². The first-order valence-electron chi connectivity index (χ1n) is 7.39. The van der Waals surface area contributed by atoms with E-state index in [4.69, 9.17) is 10.7 Å². The topological polar surface area (TPSA) is 42.2 Å². The van der Waals surface area contributed by atoms with Crippen molar-refractivity contribution in [2.45, 2.75) is 58.4 Å². The summed E-state index contributed by atoms with van der Waals surface area (Å²) in [5, 5.41) is 1.25. The van der Waals surface area contributed by atoms with Crippen LogP contribution >= 0.6 is 11.3 Å². The molecular weight excluding hydrogens is 254 g/mol. The van der Waals surface area contributed by atoms with Crippen molar-refractivity contribution in [2.75, 3.05) is 19.6 Å². The van der Waals surface area contributed by atoms with Crippen molar-refractivity contribution in [3.63, 3.8) is 0 Å². The molecule has 1 aliphatic heterocycles. The van der Waals surface area contributed by atoms with Crippen LogP contribution in [0.5, 0.6) is 0 Å². The van der Waals surface area contributed by atoms with Gasteiger partial charge in [0.25, 0.3) is 0 Å². The van der Waals surface area contributed by atoms with Crippen molar-refractivity contribution < 1.29 is 0 Å². The number of rotatable bonds is 5. The van der Waals surface area contributed by atoms with Crippen LogP contribution < -0.4 is 5.73 Å². The molecule has 0 spiro atoms. The Labute approximate surface area is 121 Å². The van der Waals surface area contributed by atoms with Crippen LogP contribution in [0.4, 0.5) is 0 Å². The smallest absolute Gasteiger partial charge is 0.0944 e. The molecule has 0 radical (unpaired) electrons. The zero-order valence-corrected chi connectivity index (χ0v) is 13.5. The average molecular weight is 281 g/mol. The summed E-state index contributed by atoms with van der Waals surface area (Å²) in [6.45, 7) is 12.2. The van der Waals surface area contributed by atoms with Crippen LogP contribution in [0.3, 0.4) is 0 Å². The van der Waals surface area contributed by atoms with E-state index < -0.39 is 0 Å². The lowest BCUT2D eigenvalue weighted by Gasteiger charge is -2.19. The highest BCUT2D eigenvalue weighted by atomic mass is 32.1. The predicted molar refractivity (Wildman–Crippen MR) is 82.8 cm³/mol. The minimum Gasteiger partial charge on any atom is -0.321 e. The van der Waals surface area contributed by atoms with Gasteiger partial charge in [-0.1, -0.05) is 13.8 Å². The van der Waals surface area contributed by atoms with Crippen molar-refractivity contribution in [1.82, 2.24) is 9.88 Å². The number of nitrogens with two attached hydrogens (primary N) is 1. The molecule has 2 rings (SSSR count). The molecule has 0 aromatic carbocycles. The average Bonchev–Trinajstić information content (AvgIpc) is 2.94. The van der Waals surface area contributed by atoms with E-state index in [1.807, 2.05) is 11.3 Å². The minimum atomic E-state index is -0.275. The first-order valence-corrected chi connectivity index (χ1v) is 8.21. The summed E-state index contributed by atoms with van der Waals surface area (Å²) in [7, 11) is 0. The maximum atomic E-state index is 6.29. The molecule has 0 atom stereocenters. The first kappa shape index (κ1) is 14.9. The summed E-state index contributed by atoms with van der Waals surface area (Å²) in [5.41, 5.74) is 7.22. The lowest BCUT2D eigenvalue weighted by Crippen LogP contribution is -2.28. The molecular formula is C15H27N3S. The predicted octanol–water partition coefficient (Wildman–Crippen LogP) is 3.10. The number of hydrogen-bond acceptors (Lipinski definition) is 4. The highest BCUT2D eigenvalue weighted by Crippen LogP contribution is 2.32. The number of thiazole rings is 1. The zero-order chi connectivity index (χ0) is 14.0. The molecule has 3 nitrogen and oxygen atoms in total. The van der Waals surface area contributed by atoms with Gasteiger partial charge in [-0.3, -0.25) is 0 Å². The molecule has 108 valence electrons. The van der Waals surface area contributed by atoms with Crippen LogP contribution in [0.2, 0.25) is 0 Å². The molecule has 1 aromatic heterocycles. The van der Waals surface area contributed by atoms with E-state index in [9.17, 15) is 0 Å². The number of nitrogens with zero attached hydrogens (tertiary/aromatic N) is 2. The van der Waals surface area contributed by atoms with Crippen molar-refractivity contribution in [3.05, 3.63) is 15.6 Å². The lowest BCUT2D eigenvalue weighted by atomic mass is 9.98. The van der Waals surface area contributed by atoms with Crippen LogP contribution in [-0.2, 0) is 12.0 Å².